The lowest BCUT2D eigenvalue weighted by molar-refractivity contribution is 0.0908. The maximum absolute atomic E-state index is 9.91. The molecule has 0 aromatic rings. The summed E-state index contributed by atoms with van der Waals surface area (Å²) in [6, 6.07) is 0. The molecule has 2 atom stereocenters. The Morgan fingerprint density at radius 1 is 1.05 bits per heavy atom. The van der Waals surface area contributed by atoms with Gasteiger partial charge in [-0.05, 0) is 62.7 Å². The van der Waals surface area contributed by atoms with E-state index in [1.165, 1.54) is 32.1 Å². The molecule has 2 saturated carbocycles. The van der Waals surface area contributed by atoms with Gasteiger partial charge in [0, 0.05) is 0 Å². The van der Waals surface area contributed by atoms with Gasteiger partial charge >= 0.3 is 0 Å². The van der Waals surface area contributed by atoms with E-state index in [-0.39, 0.29) is 11.7 Å². The van der Waals surface area contributed by atoms with Gasteiger partial charge in [0.25, 0.3) is 0 Å². The van der Waals surface area contributed by atoms with Crippen LogP contribution in [-0.4, -0.2) is 21.9 Å². The van der Waals surface area contributed by atoms with Crippen LogP contribution in [0.5, 0.6) is 0 Å². The van der Waals surface area contributed by atoms with Crippen LogP contribution in [0.4, 0.5) is 0 Å². The van der Waals surface area contributed by atoms with Crippen molar-refractivity contribution in [2.45, 2.75) is 89.8 Å². The van der Waals surface area contributed by atoms with E-state index in [4.69, 9.17) is 0 Å². The van der Waals surface area contributed by atoms with Crippen molar-refractivity contribution >= 4 is 0 Å². The van der Waals surface area contributed by atoms with Crippen LogP contribution < -0.4 is 0 Å². The van der Waals surface area contributed by atoms with Crippen LogP contribution in [0.2, 0.25) is 0 Å². The van der Waals surface area contributed by atoms with E-state index >= 15 is 0 Å². The average molecular weight is 268 g/mol. The average Bonchev–Trinajstić information content (AvgIpc) is 3.07. The highest BCUT2D eigenvalue weighted by Gasteiger charge is 2.40. The summed E-state index contributed by atoms with van der Waals surface area (Å²) in [6.07, 6.45) is 11.4. The predicted molar refractivity (Wildman–Crippen MR) is 78.9 cm³/mol. The number of rotatable bonds is 7. The van der Waals surface area contributed by atoms with Gasteiger partial charge in [-0.2, -0.15) is 0 Å². The normalized spacial score (nSPS) is 32.8. The molecule has 2 rings (SSSR count). The first-order valence-electron chi connectivity index (χ1n) is 8.39. The lowest BCUT2D eigenvalue weighted by atomic mass is 9.77. The van der Waals surface area contributed by atoms with Crippen molar-refractivity contribution in [1.82, 2.24) is 0 Å². The fourth-order valence-corrected chi connectivity index (χ4v) is 3.79. The lowest BCUT2D eigenvalue weighted by Gasteiger charge is -2.30. The SMILES string of the molecule is CC(CCCC(C)C1CCC(O)CC1)CC1(O)CC1. The van der Waals surface area contributed by atoms with E-state index in [9.17, 15) is 10.2 Å². The monoisotopic (exact) mass is 268 g/mol. The third-order valence-corrected chi connectivity index (χ3v) is 5.46. The van der Waals surface area contributed by atoms with Crippen molar-refractivity contribution in [3.63, 3.8) is 0 Å². The van der Waals surface area contributed by atoms with Crippen LogP contribution in [0.3, 0.4) is 0 Å². The van der Waals surface area contributed by atoms with E-state index in [1.807, 2.05) is 0 Å². The van der Waals surface area contributed by atoms with Crippen molar-refractivity contribution in [1.29, 1.82) is 0 Å². The Balaban J connectivity index is 1.57. The summed E-state index contributed by atoms with van der Waals surface area (Å²) in [5.41, 5.74) is -0.273. The molecule has 2 aliphatic carbocycles. The van der Waals surface area contributed by atoms with E-state index in [0.717, 1.165) is 43.9 Å². The zero-order valence-electron chi connectivity index (χ0n) is 12.8. The first-order valence-corrected chi connectivity index (χ1v) is 8.39. The van der Waals surface area contributed by atoms with Gasteiger partial charge in [0.05, 0.1) is 11.7 Å². The Labute approximate surface area is 118 Å². The Kier molecular flexibility index (Phi) is 5.30. The number of hydrogen-bond donors (Lipinski definition) is 2. The summed E-state index contributed by atoms with van der Waals surface area (Å²) in [6.45, 7) is 4.68. The summed E-state index contributed by atoms with van der Waals surface area (Å²) in [7, 11) is 0. The van der Waals surface area contributed by atoms with Gasteiger partial charge in [-0.3, -0.25) is 0 Å². The van der Waals surface area contributed by atoms with Gasteiger partial charge in [0.15, 0.2) is 0 Å². The van der Waals surface area contributed by atoms with Crippen molar-refractivity contribution in [3.8, 4) is 0 Å². The molecule has 0 saturated heterocycles. The molecular weight excluding hydrogens is 236 g/mol. The zero-order valence-corrected chi connectivity index (χ0v) is 12.8. The molecule has 2 unspecified atom stereocenters. The third-order valence-electron chi connectivity index (χ3n) is 5.46. The van der Waals surface area contributed by atoms with Crippen LogP contribution in [-0.2, 0) is 0 Å². The van der Waals surface area contributed by atoms with Crippen molar-refractivity contribution in [2.75, 3.05) is 0 Å². The molecule has 2 N–H and O–H groups in total. The van der Waals surface area contributed by atoms with E-state index in [0.29, 0.717) is 5.92 Å². The fourth-order valence-electron chi connectivity index (χ4n) is 3.79. The zero-order chi connectivity index (χ0) is 13.9. The second-order valence-corrected chi connectivity index (χ2v) is 7.51. The molecule has 2 heteroatoms. The van der Waals surface area contributed by atoms with Gasteiger partial charge < -0.3 is 10.2 Å². The number of aliphatic hydroxyl groups excluding tert-OH is 1. The van der Waals surface area contributed by atoms with Crippen LogP contribution in [0.15, 0.2) is 0 Å². The van der Waals surface area contributed by atoms with Crippen LogP contribution >= 0.6 is 0 Å². The van der Waals surface area contributed by atoms with Gasteiger partial charge in [0.1, 0.15) is 0 Å². The Morgan fingerprint density at radius 3 is 2.26 bits per heavy atom. The van der Waals surface area contributed by atoms with E-state index in [2.05, 4.69) is 13.8 Å². The summed E-state index contributed by atoms with van der Waals surface area (Å²) >= 11 is 0. The Hall–Kier alpha value is -0.0800. The summed E-state index contributed by atoms with van der Waals surface area (Å²) < 4.78 is 0. The highest BCUT2D eigenvalue weighted by atomic mass is 16.3. The molecule has 0 bridgehead atoms. The second kappa shape index (κ2) is 6.58. The molecule has 0 amide bonds. The van der Waals surface area contributed by atoms with Crippen molar-refractivity contribution in [3.05, 3.63) is 0 Å². The Bertz CT molecular complexity index is 264. The lowest BCUT2D eigenvalue weighted by Crippen LogP contribution is -2.22. The second-order valence-electron chi connectivity index (χ2n) is 7.51. The fraction of sp³-hybridized carbons (Fsp3) is 1.00. The highest BCUT2D eigenvalue weighted by Crippen LogP contribution is 2.41. The molecule has 0 heterocycles. The molecule has 0 aliphatic heterocycles. The van der Waals surface area contributed by atoms with Gasteiger partial charge in [-0.1, -0.05) is 33.1 Å². The smallest absolute Gasteiger partial charge is 0.0652 e. The standard InChI is InChI=1S/C17H32O2/c1-13(12-17(19)10-11-17)4-3-5-14(2)15-6-8-16(18)9-7-15/h13-16,18-19H,3-12H2,1-2H3. The molecule has 2 aliphatic rings. The minimum Gasteiger partial charge on any atom is -0.393 e. The largest absolute Gasteiger partial charge is 0.393 e. The molecule has 19 heavy (non-hydrogen) atoms. The van der Waals surface area contributed by atoms with Crippen LogP contribution in [0, 0.1) is 17.8 Å². The van der Waals surface area contributed by atoms with Crippen molar-refractivity contribution < 1.29 is 10.2 Å². The molecule has 0 spiro atoms. The highest BCUT2D eigenvalue weighted by molar-refractivity contribution is 4.94. The maximum Gasteiger partial charge on any atom is 0.0652 e. The number of hydrogen-bond acceptors (Lipinski definition) is 2. The first-order chi connectivity index (χ1) is 8.98. The van der Waals surface area contributed by atoms with Crippen LogP contribution in [0.25, 0.3) is 0 Å². The molecule has 0 aromatic heterocycles. The molecule has 2 nitrogen and oxygen atoms in total. The minimum absolute atomic E-state index is 0.0252. The van der Waals surface area contributed by atoms with Gasteiger partial charge in [0.2, 0.25) is 0 Å². The molecule has 0 radical (unpaired) electrons. The molecule has 2 fully saturated rings. The molecule has 112 valence electrons. The van der Waals surface area contributed by atoms with Crippen molar-refractivity contribution in [2.24, 2.45) is 17.8 Å². The molecular formula is C17H32O2. The Morgan fingerprint density at radius 2 is 1.68 bits per heavy atom. The quantitative estimate of drug-likeness (QED) is 0.735. The summed E-state index contributed by atoms with van der Waals surface area (Å²) in [5.74, 6) is 2.32. The summed E-state index contributed by atoms with van der Waals surface area (Å²) in [4.78, 5) is 0. The predicted octanol–water partition coefficient (Wildman–Crippen LogP) is 3.90. The topological polar surface area (TPSA) is 40.5 Å². The van der Waals surface area contributed by atoms with E-state index < -0.39 is 0 Å². The first kappa shape index (κ1) is 15.3. The van der Waals surface area contributed by atoms with E-state index in [1.54, 1.807) is 0 Å². The van der Waals surface area contributed by atoms with Gasteiger partial charge in [-0.25, -0.2) is 0 Å². The minimum atomic E-state index is -0.273. The third kappa shape index (κ3) is 5.07. The maximum atomic E-state index is 9.91. The summed E-state index contributed by atoms with van der Waals surface area (Å²) in [5, 5.41) is 19.5. The molecule has 0 aromatic carbocycles. The number of aliphatic hydroxyl groups is 2. The van der Waals surface area contributed by atoms with Crippen LogP contribution in [0.1, 0.15) is 78.1 Å². The van der Waals surface area contributed by atoms with Gasteiger partial charge in [-0.15, -0.1) is 0 Å².